The third-order valence-electron chi connectivity index (χ3n) is 3.76. The van der Waals surface area contributed by atoms with Gasteiger partial charge in [0.1, 0.15) is 0 Å². The lowest BCUT2D eigenvalue weighted by atomic mass is 9.95. The number of nitrogen functional groups attached to an aromatic ring is 1. The topological polar surface area (TPSA) is 65.2 Å². The highest BCUT2D eigenvalue weighted by Crippen LogP contribution is 2.39. The molecule has 4 nitrogen and oxygen atoms in total. The van der Waals surface area contributed by atoms with E-state index in [1.165, 1.54) is 31.3 Å². The molecule has 0 aliphatic heterocycles. The first-order chi connectivity index (χ1) is 9.19. The molecule has 1 aromatic carbocycles. The molecule has 1 aliphatic carbocycles. The summed E-state index contributed by atoms with van der Waals surface area (Å²) in [6.07, 6.45) is 4.82. The van der Waals surface area contributed by atoms with Gasteiger partial charge in [-0.1, -0.05) is 24.2 Å². The SMILES string of the molecule is COC(=O)c1cc(C2CCCC2)c2nc(N)sc2c1. The van der Waals surface area contributed by atoms with Crippen molar-refractivity contribution in [3.8, 4) is 0 Å². The summed E-state index contributed by atoms with van der Waals surface area (Å²) in [5, 5.41) is 0.552. The molecule has 2 N–H and O–H groups in total. The van der Waals surface area contributed by atoms with Gasteiger partial charge in [-0.2, -0.15) is 0 Å². The van der Waals surface area contributed by atoms with Crippen molar-refractivity contribution in [1.29, 1.82) is 0 Å². The molecule has 3 rings (SSSR count). The fraction of sp³-hybridized carbons (Fsp3) is 0.429. The van der Waals surface area contributed by atoms with Crippen LogP contribution in [0.15, 0.2) is 12.1 Å². The van der Waals surface area contributed by atoms with E-state index in [9.17, 15) is 4.79 Å². The number of aromatic nitrogens is 1. The van der Waals surface area contributed by atoms with Gasteiger partial charge in [0.15, 0.2) is 5.13 Å². The molecule has 2 aromatic rings. The quantitative estimate of drug-likeness (QED) is 0.854. The van der Waals surface area contributed by atoms with Crippen LogP contribution >= 0.6 is 11.3 Å². The zero-order valence-electron chi connectivity index (χ0n) is 10.8. The average molecular weight is 276 g/mol. The van der Waals surface area contributed by atoms with Gasteiger partial charge < -0.3 is 10.5 Å². The minimum absolute atomic E-state index is 0.298. The first-order valence-electron chi connectivity index (χ1n) is 6.47. The molecule has 1 fully saturated rings. The standard InChI is InChI=1S/C14H16N2O2S/c1-18-13(17)9-6-10(8-4-2-3-5-8)12-11(7-9)19-14(15)16-12/h6-8H,2-5H2,1H3,(H2,15,16). The Morgan fingerprint density at radius 3 is 2.84 bits per heavy atom. The zero-order chi connectivity index (χ0) is 13.4. The highest BCUT2D eigenvalue weighted by Gasteiger charge is 2.23. The van der Waals surface area contributed by atoms with Crippen LogP contribution in [0.2, 0.25) is 0 Å². The summed E-state index contributed by atoms with van der Waals surface area (Å²) in [6.45, 7) is 0. The largest absolute Gasteiger partial charge is 0.465 e. The summed E-state index contributed by atoms with van der Waals surface area (Å²) in [5.41, 5.74) is 8.52. The highest BCUT2D eigenvalue weighted by molar-refractivity contribution is 7.22. The number of thiazole rings is 1. The number of nitrogens with zero attached hydrogens (tertiary/aromatic N) is 1. The minimum atomic E-state index is -0.298. The monoisotopic (exact) mass is 276 g/mol. The molecule has 0 bridgehead atoms. The molecule has 0 amide bonds. The molecule has 5 heteroatoms. The van der Waals surface area contributed by atoms with Crippen LogP contribution in [0.3, 0.4) is 0 Å². The first kappa shape index (κ1) is 12.4. The number of fused-ring (bicyclic) bond motifs is 1. The van der Waals surface area contributed by atoms with Crippen molar-refractivity contribution in [3.63, 3.8) is 0 Å². The molecule has 0 spiro atoms. The number of carbonyl (C=O) groups is 1. The van der Waals surface area contributed by atoms with Gasteiger partial charge in [-0.3, -0.25) is 0 Å². The number of nitrogens with two attached hydrogens (primary N) is 1. The molecule has 1 heterocycles. The maximum Gasteiger partial charge on any atom is 0.337 e. The Bertz CT molecular complexity index is 630. The lowest BCUT2D eigenvalue weighted by molar-refractivity contribution is 0.0601. The van der Waals surface area contributed by atoms with Crippen LogP contribution in [0, 0.1) is 0 Å². The predicted octanol–water partition coefficient (Wildman–Crippen LogP) is 3.32. The lowest BCUT2D eigenvalue weighted by Crippen LogP contribution is -2.03. The van der Waals surface area contributed by atoms with E-state index in [1.54, 1.807) is 0 Å². The van der Waals surface area contributed by atoms with Crippen LogP contribution in [-0.4, -0.2) is 18.1 Å². The minimum Gasteiger partial charge on any atom is -0.465 e. The number of hydrogen-bond donors (Lipinski definition) is 1. The lowest BCUT2D eigenvalue weighted by Gasteiger charge is -2.11. The Morgan fingerprint density at radius 2 is 2.16 bits per heavy atom. The summed E-state index contributed by atoms with van der Waals surface area (Å²) in [5.74, 6) is 0.196. The Labute approximate surface area is 115 Å². The molecular formula is C14H16N2O2S. The number of rotatable bonds is 2. The van der Waals surface area contributed by atoms with Crippen molar-refractivity contribution in [2.45, 2.75) is 31.6 Å². The fourth-order valence-corrected chi connectivity index (χ4v) is 3.66. The molecule has 1 saturated carbocycles. The molecule has 0 unspecified atom stereocenters. The molecule has 19 heavy (non-hydrogen) atoms. The number of benzene rings is 1. The van der Waals surface area contributed by atoms with Crippen molar-refractivity contribution in [1.82, 2.24) is 4.98 Å². The van der Waals surface area contributed by atoms with E-state index in [-0.39, 0.29) is 5.97 Å². The molecule has 0 atom stereocenters. The van der Waals surface area contributed by atoms with Crippen LogP contribution in [0.4, 0.5) is 5.13 Å². The van der Waals surface area contributed by atoms with Crippen LogP contribution < -0.4 is 5.73 Å². The normalized spacial score (nSPS) is 16.1. The molecule has 1 aromatic heterocycles. The molecule has 0 saturated heterocycles. The third kappa shape index (κ3) is 2.18. The van der Waals surface area contributed by atoms with Gasteiger partial charge in [-0.05, 0) is 36.5 Å². The summed E-state index contributed by atoms with van der Waals surface area (Å²) < 4.78 is 5.80. The van der Waals surface area contributed by atoms with Crippen molar-refractivity contribution in [2.75, 3.05) is 12.8 Å². The van der Waals surface area contributed by atoms with Gasteiger partial charge in [0, 0.05) is 0 Å². The summed E-state index contributed by atoms with van der Waals surface area (Å²) in [7, 11) is 1.41. The van der Waals surface area contributed by atoms with Crippen molar-refractivity contribution in [2.24, 2.45) is 0 Å². The number of anilines is 1. The average Bonchev–Trinajstić information content (AvgIpc) is 3.04. The van der Waals surface area contributed by atoms with E-state index in [1.807, 2.05) is 12.1 Å². The van der Waals surface area contributed by atoms with E-state index < -0.39 is 0 Å². The van der Waals surface area contributed by atoms with Crippen molar-refractivity contribution in [3.05, 3.63) is 23.3 Å². The summed E-state index contributed by atoms with van der Waals surface area (Å²) in [6, 6.07) is 3.76. The predicted molar refractivity (Wildman–Crippen MR) is 76.6 cm³/mol. The molecule has 0 radical (unpaired) electrons. The smallest absolute Gasteiger partial charge is 0.337 e. The van der Waals surface area contributed by atoms with Gasteiger partial charge in [0.05, 0.1) is 22.9 Å². The Balaban J connectivity index is 2.18. The number of ether oxygens (including phenoxy) is 1. The molecule has 1 aliphatic rings. The molecule has 100 valence electrons. The van der Waals surface area contributed by atoms with Crippen LogP contribution in [-0.2, 0) is 4.74 Å². The van der Waals surface area contributed by atoms with Gasteiger partial charge in [0.2, 0.25) is 0 Å². The van der Waals surface area contributed by atoms with Gasteiger partial charge in [-0.15, -0.1) is 0 Å². The van der Waals surface area contributed by atoms with Gasteiger partial charge in [-0.25, -0.2) is 9.78 Å². The second-order valence-electron chi connectivity index (χ2n) is 4.94. The van der Waals surface area contributed by atoms with Gasteiger partial charge in [0.25, 0.3) is 0 Å². The zero-order valence-corrected chi connectivity index (χ0v) is 11.6. The number of hydrogen-bond acceptors (Lipinski definition) is 5. The van der Waals surface area contributed by atoms with Crippen molar-refractivity contribution < 1.29 is 9.53 Å². The number of methoxy groups -OCH3 is 1. The summed E-state index contributed by atoms with van der Waals surface area (Å²) in [4.78, 5) is 16.2. The van der Waals surface area contributed by atoms with E-state index in [0.29, 0.717) is 16.6 Å². The maximum atomic E-state index is 11.8. The van der Waals surface area contributed by atoms with E-state index >= 15 is 0 Å². The summed E-state index contributed by atoms with van der Waals surface area (Å²) >= 11 is 1.43. The highest BCUT2D eigenvalue weighted by atomic mass is 32.1. The second kappa shape index (κ2) is 4.81. The number of carbonyl (C=O) groups excluding carboxylic acids is 1. The van der Waals surface area contributed by atoms with E-state index in [0.717, 1.165) is 28.6 Å². The molecular weight excluding hydrogens is 260 g/mol. The van der Waals surface area contributed by atoms with Crippen molar-refractivity contribution >= 4 is 32.7 Å². The first-order valence-corrected chi connectivity index (χ1v) is 7.29. The Kier molecular flexibility index (Phi) is 3.14. The van der Waals surface area contributed by atoms with E-state index in [2.05, 4.69) is 4.98 Å². The fourth-order valence-electron chi connectivity index (χ4n) is 2.86. The Morgan fingerprint density at radius 1 is 1.42 bits per heavy atom. The van der Waals surface area contributed by atoms with Crippen LogP contribution in [0.5, 0.6) is 0 Å². The Hall–Kier alpha value is -1.62. The van der Waals surface area contributed by atoms with Gasteiger partial charge >= 0.3 is 5.97 Å². The van der Waals surface area contributed by atoms with Crippen LogP contribution in [0.1, 0.15) is 47.5 Å². The van der Waals surface area contributed by atoms with E-state index in [4.69, 9.17) is 10.5 Å². The third-order valence-corrected chi connectivity index (χ3v) is 4.59. The second-order valence-corrected chi connectivity index (χ2v) is 6.00. The maximum absolute atomic E-state index is 11.8. The number of esters is 1. The van der Waals surface area contributed by atoms with Crippen LogP contribution in [0.25, 0.3) is 10.2 Å².